The summed E-state index contributed by atoms with van der Waals surface area (Å²) in [5.41, 5.74) is 6.31. The van der Waals surface area contributed by atoms with E-state index >= 15 is 0 Å². The molecule has 0 spiro atoms. The summed E-state index contributed by atoms with van der Waals surface area (Å²) in [6.07, 6.45) is 0.434. The molecule has 0 aromatic heterocycles. The molecule has 1 rings (SSSR count). The Hall–Kier alpha value is -1.99. The molecule has 114 valence electrons. The van der Waals surface area contributed by atoms with E-state index in [4.69, 9.17) is 15.2 Å². The molecule has 4 heteroatoms. The first-order valence-corrected chi connectivity index (χ1v) is 6.91. The van der Waals surface area contributed by atoms with Crippen molar-refractivity contribution in [3.05, 3.63) is 29.8 Å². The van der Waals surface area contributed by atoms with Gasteiger partial charge in [0, 0.05) is 0 Å². The van der Waals surface area contributed by atoms with Crippen LogP contribution in [0.3, 0.4) is 0 Å². The highest BCUT2D eigenvalue weighted by Crippen LogP contribution is 2.14. The second-order valence-corrected chi connectivity index (χ2v) is 5.70. The third kappa shape index (κ3) is 6.82. The van der Waals surface area contributed by atoms with Crippen LogP contribution >= 0.6 is 0 Å². The number of benzene rings is 1. The van der Waals surface area contributed by atoms with Crippen LogP contribution in [-0.4, -0.2) is 24.2 Å². The molecule has 0 aliphatic heterocycles. The molecule has 0 saturated carbocycles. The SMILES string of the molecule is CC#CCOc1ccc(CC(N)C(=O)OC(C)(C)C)cc1. The number of rotatable bonds is 5. The molecule has 1 atom stereocenters. The lowest BCUT2D eigenvalue weighted by Crippen LogP contribution is -2.38. The molecule has 1 aromatic carbocycles. The number of nitrogens with two attached hydrogens (primary N) is 1. The number of carbonyl (C=O) groups is 1. The van der Waals surface area contributed by atoms with Gasteiger partial charge >= 0.3 is 5.97 Å². The fourth-order valence-corrected chi connectivity index (χ4v) is 1.63. The van der Waals surface area contributed by atoms with Gasteiger partial charge in [0.1, 0.15) is 24.0 Å². The zero-order valence-corrected chi connectivity index (χ0v) is 13.1. The summed E-state index contributed by atoms with van der Waals surface area (Å²) < 4.78 is 10.7. The van der Waals surface area contributed by atoms with Crippen LogP contribution in [0.2, 0.25) is 0 Å². The van der Waals surface area contributed by atoms with Gasteiger partial charge in [0.15, 0.2) is 0 Å². The lowest BCUT2D eigenvalue weighted by atomic mass is 10.1. The molecule has 0 saturated heterocycles. The molecule has 0 bridgehead atoms. The summed E-state index contributed by atoms with van der Waals surface area (Å²) in [5.74, 6) is 5.95. The Kier molecular flexibility index (Phi) is 6.26. The van der Waals surface area contributed by atoms with Crippen LogP contribution in [0.15, 0.2) is 24.3 Å². The highest BCUT2D eigenvalue weighted by molar-refractivity contribution is 5.76. The summed E-state index contributed by atoms with van der Waals surface area (Å²) in [6, 6.07) is 6.79. The smallest absolute Gasteiger partial charge is 0.323 e. The zero-order chi connectivity index (χ0) is 15.9. The lowest BCUT2D eigenvalue weighted by molar-refractivity contribution is -0.156. The van der Waals surface area contributed by atoms with Gasteiger partial charge in [-0.1, -0.05) is 18.1 Å². The first-order valence-electron chi connectivity index (χ1n) is 6.91. The van der Waals surface area contributed by atoms with Gasteiger partial charge in [-0.05, 0) is 51.8 Å². The minimum Gasteiger partial charge on any atom is -0.481 e. The largest absolute Gasteiger partial charge is 0.481 e. The molecule has 0 amide bonds. The first-order chi connectivity index (χ1) is 9.81. The van der Waals surface area contributed by atoms with E-state index in [1.807, 2.05) is 45.0 Å². The predicted octanol–water partition coefficient (Wildman–Crippen LogP) is 2.30. The average Bonchev–Trinajstić information content (AvgIpc) is 2.39. The van der Waals surface area contributed by atoms with Crippen LogP contribution in [0.5, 0.6) is 5.75 Å². The number of hydrogen-bond donors (Lipinski definition) is 1. The minimum absolute atomic E-state index is 0.368. The number of hydrogen-bond acceptors (Lipinski definition) is 4. The summed E-state index contributed by atoms with van der Waals surface area (Å²) in [7, 11) is 0. The Morgan fingerprint density at radius 1 is 1.29 bits per heavy atom. The zero-order valence-electron chi connectivity index (χ0n) is 13.1. The second kappa shape index (κ2) is 7.70. The third-order valence-corrected chi connectivity index (χ3v) is 2.58. The standard InChI is InChI=1S/C17H23NO3/c1-5-6-11-20-14-9-7-13(8-10-14)12-15(18)16(19)21-17(2,3)4/h7-10,15H,11-12,18H2,1-4H3. The minimum atomic E-state index is -0.665. The van der Waals surface area contributed by atoms with Gasteiger partial charge in [0.25, 0.3) is 0 Å². The van der Waals surface area contributed by atoms with Crippen molar-refractivity contribution < 1.29 is 14.3 Å². The van der Waals surface area contributed by atoms with Crippen molar-refractivity contribution in [3.8, 4) is 17.6 Å². The molecular formula is C17H23NO3. The Labute approximate surface area is 126 Å². The van der Waals surface area contributed by atoms with Gasteiger partial charge in [0.2, 0.25) is 0 Å². The van der Waals surface area contributed by atoms with E-state index in [-0.39, 0.29) is 5.97 Å². The van der Waals surface area contributed by atoms with Gasteiger partial charge in [-0.3, -0.25) is 4.79 Å². The molecule has 4 nitrogen and oxygen atoms in total. The number of esters is 1. The summed E-state index contributed by atoms with van der Waals surface area (Å²) >= 11 is 0. The Morgan fingerprint density at radius 3 is 2.43 bits per heavy atom. The van der Waals surface area contributed by atoms with Crippen molar-refractivity contribution in [1.29, 1.82) is 0 Å². The fourth-order valence-electron chi connectivity index (χ4n) is 1.63. The van der Waals surface area contributed by atoms with Crippen molar-refractivity contribution in [2.75, 3.05) is 6.61 Å². The molecule has 21 heavy (non-hydrogen) atoms. The molecule has 0 radical (unpaired) electrons. The average molecular weight is 289 g/mol. The van der Waals surface area contributed by atoms with E-state index in [1.54, 1.807) is 6.92 Å². The third-order valence-electron chi connectivity index (χ3n) is 2.58. The highest BCUT2D eigenvalue weighted by atomic mass is 16.6. The fraction of sp³-hybridized carbons (Fsp3) is 0.471. The second-order valence-electron chi connectivity index (χ2n) is 5.70. The van der Waals surface area contributed by atoms with Crippen molar-refractivity contribution >= 4 is 5.97 Å². The topological polar surface area (TPSA) is 61.5 Å². The normalized spacial score (nSPS) is 12.0. The predicted molar refractivity (Wildman–Crippen MR) is 82.9 cm³/mol. The molecule has 0 aliphatic rings. The van der Waals surface area contributed by atoms with Gasteiger partial charge in [0.05, 0.1) is 0 Å². The van der Waals surface area contributed by atoms with Gasteiger partial charge in [-0.25, -0.2) is 0 Å². The van der Waals surface area contributed by atoms with Crippen LogP contribution in [-0.2, 0) is 16.0 Å². The molecule has 0 fully saturated rings. The lowest BCUT2D eigenvalue weighted by Gasteiger charge is -2.22. The van der Waals surface area contributed by atoms with Crippen LogP contribution in [0.4, 0.5) is 0 Å². The van der Waals surface area contributed by atoms with Gasteiger partial charge < -0.3 is 15.2 Å². The summed E-state index contributed by atoms with van der Waals surface area (Å²) in [4.78, 5) is 11.8. The Balaban J connectivity index is 2.54. The van der Waals surface area contributed by atoms with Crippen LogP contribution in [0.1, 0.15) is 33.3 Å². The number of ether oxygens (including phenoxy) is 2. The maximum atomic E-state index is 11.8. The van der Waals surface area contributed by atoms with E-state index in [0.29, 0.717) is 13.0 Å². The van der Waals surface area contributed by atoms with Crippen molar-refractivity contribution in [2.24, 2.45) is 5.73 Å². The van der Waals surface area contributed by atoms with Crippen molar-refractivity contribution in [2.45, 2.75) is 45.8 Å². The summed E-state index contributed by atoms with van der Waals surface area (Å²) in [5, 5.41) is 0. The Bertz CT molecular complexity index is 518. The maximum absolute atomic E-state index is 11.8. The number of carbonyl (C=O) groups excluding carboxylic acids is 1. The van der Waals surface area contributed by atoms with E-state index in [9.17, 15) is 4.79 Å². The van der Waals surface area contributed by atoms with Gasteiger partial charge in [-0.2, -0.15) is 0 Å². The van der Waals surface area contributed by atoms with Crippen molar-refractivity contribution in [3.63, 3.8) is 0 Å². The molecule has 0 aliphatic carbocycles. The molecule has 2 N–H and O–H groups in total. The molecule has 1 aromatic rings. The van der Waals surface area contributed by atoms with Gasteiger partial charge in [-0.15, -0.1) is 5.92 Å². The highest BCUT2D eigenvalue weighted by Gasteiger charge is 2.22. The van der Waals surface area contributed by atoms with Crippen LogP contribution < -0.4 is 10.5 Å². The van der Waals surface area contributed by atoms with Crippen molar-refractivity contribution in [1.82, 2.24) is 0 Å². The Morgan fingerprint density at radius 2 is 1.90 bits per heavy atom. The van der Waals surface area contributed by atoms with Crippen LogP contribution in [0, 0.1) is 11.8 Å². The molecule has 0 heterocycles. The summed E-state index contributed by atoms with van der Waals surface area (Å²) in [6.45, 7) is 7.60. The van der Waals surface area contributed by atoms with E-state index in [2.05, 4.69) is 11.8 Å². The molecular weight excluding hydrogens is 266 g/mol. The van der Waals surface area contributed by atoms with E-state index < -0.39 is 11.6 Å². The quantitative estimate of drug-likeness (QED) is 0.667. The van der Waals surface area contributed by atoms with Crippen LogP contribution in [0.25, 0.3) is 0 Å². The first kappa shape index (κ1) is 17.1. The van der Waals surface area contributed by atoms with E-state index in [1.165, 1.54) is 0 Å². The van der Waals surface area contributed by atoms with E-state index in [0.717, 1.165) is 11.3 Å². The molecule has 1 unspecified atom stereocenters. The maximum Gasteiger partial charge on any atom is 0.323 e. The monoisotopic (exact) mass is 289 g/mol.